The van der Waals surface area contributed by atoms with Crippen LogP contribution < -0.4 is 5.32 Å². The largest absolute Gasteiger partial charge is 0.366 e. The standard InChI is InChI=1S/C19H15N5S/c1-12-10-25-19(23-12)14-4-2-13(3-5-14)18(9-20)24-15-6-7-16-17(8-15)22-11-21-16/h2-8,10-11,18,24H,1H3,(H,21,22). The van der Waals surface area contributed by atoms with Crippen LogP contribution in [0.4, 0.5) is 5.69 Å². The number of anilines is 1. The Labute approximate surface area is 149 Å². The van der Waals surface area contributed by atoms with Crippen LogP contribution in [-0.2, 0) is 0 Å². The summed E-state index contributed by atoms with van der Waals surface area (Å²) < 4.78 is 0. The summed E-state index contributed by atoms with van der Waals surface area (Å²) in [4.78, 5) is 11.8. The van der Waals surface area contributed by atoms with Crippen molar-refractivity contribution in [2.45, 2.75) is 13.0 Å². The lowest BCUT2D eigenvalue weighted by atomic mass is 10.1. The molecule has 6 heteroatoms. The number of nitrogens with zero attached hydrogens (tertiary/aromatic N) is 3. The summed E-state index contributed by atoms with van der Waals surface area (Å²) in [7, 11) is 0. The fourth-order valence-electron chi connectivity index (χ4n) is 2.69. The van der Waals surface area contributed by atoms with Gasteiger partial charge in [0, 0.05) is 22.3 Å². The molecule has 2 N–H and O–H groups in total. The van der Waals surface area contributed by atoms with Crippen molar-refractivity contribution in [1.29, 1.82) is 5.26 Å². The molecular weight excluding hydrogens is 330 g/mol. The number of nitrogens with one attached hydrogen (secondary N) is 2. The zero-order valence-corrected chi connectivity index (χ0v) is 14.3. The van der Waals surface area contributed by atoms with Gasteiger partial charge in [-0.1, -0.05) is 24.3 Å². The van der Waals surface area contributed by atoms with E-state index in [2.05, 4.69) is 26.3 Å². The van der Waals surface area contributed by atoms with Crippen LogP contribution in [-0.4, -0.2) is 15.0 Å². The van der Waals surface area contributed by atoms with Gasteiger partial charge in [-0.2, -0.15) is 5.26 Å². The van der Waals surface area contributed by atoms with Gasteiger partial charge in [0.05, 0.1) is 23.4 Å². The van der Waals surface area contributed by atoms with Crippen molar-refractivity contribution in [1.82, 2.24) is 15.0 Å². The Morgan fingerprint density at radius 2 is 2.04 bits per heavy atom. The van der Waals surface area contributed by atoms with E-state index >= 15 is 0 Å². The van der Waals surface area contributed by atoms with Gasteiger partial charge in [0.2, 0.25) is 0 Å². The smallest absolute Gasteiger partial charge is 0.140 e. The molecule has 2 aromatic carbocycles. The summed E-state index contributed by atoms with van der Waals surface area (Å²) in [5.74, 6) is 0. The maximum Gasteiger partial charge on any atom is 0.140 e. The monoisotopic (exact) mass is 345 g/mol. The molecule has 4 aromatic rings. The van der Waals surface area contributed by atoms with Crippen LogP contribution in [0.5, 0.6) is 0 Å². The van der Waals surface area contributed by atoms with Crippen LogP contribution in [0, 0.1) is 18.3 Å². The predicted molar refractivity (Wildman–Crippen MR) is 100 cm³/mol. The zero-order valence-electron chi connectivity index (χ0n) is 13.5. The van der Waals surface area contributed by atoms with E-state index in [4.69, 9.17) is 0 Å². The number of imidazole rings is 1. The van der Waals surface area contributed by atoms with Crippen molar-refractivity contribution in [3.8, 4) is 16.6 Å². The Morgan fingerprint density at radius 1 is 1.20 bits per heavy atom. The minimum atomic E-state index is -0.424. The highest BCUT2D eigenvalue weighted by Gasteiger charge is 2.12. The summed E-state index contributed by atoms with van der Waals surface area (Å²) in [6.45, 7) is 1.99. The fraction of sp³-hybridized carbons (Fsp3) is 0.105. The number of benzene rings is 2. The number of rotatable bonds is 4. The number of hydrogen-bond acceptors (Lipinski definition) is 5. The minimum absolute atomic E-state index is 0.424. The van der Waals surface area contributed by atoms with E-state index in [9.17, 15) is 5.26 Å². The zero-order chi connectivity index (χ0) is 17.2. The topological polar surface area (TPSA) is 77.4 Å². The van der Waals surface area contributed by atoms with Crippen LogP contribution in [0.2, 0.25) is 0 Å². The summed E-state index contributed by atoms with van der Waals surface area (Å²) in [6.07, 6.45) is 1.66. The molecule has 4 rings (SSSR count). The number of hydrogen-bond donors (Lipinski definition) is 2. The van der Waals surface area contributed by atoms with Crippen molar-refractivity contribution in [2.75, 3.05) is 5.32 Å². The van der Waals surface area contributed by atoms with Crippen molar-refractivity contribution in [3.63, 3.8) is 0 Å². The second kappa shape index (κ2) is 6.38. The lowest BCUT2D eigenvalue weighted by Crippen LogP contribution is -2.08. The van der Waals surface area contributed by atoms with E-state index < -0.39 is 6.04 Å². The molecule has 0 bridgehead atoms. The van der Waals surface area contributed by atoms with Gasteiger partial charge in [0.25, 0.3) is 0 Å². The molecule has 0 spiro atoms. The van der Waals surface area contributed by atoms with Crippen LogP contribution in [0.3, 0.4) is 0 Å². The van der Waals surface area contributed by atoms with Gasteiger partial charge >= 0.3 is 0 Å². The molecule has 5 nitrogen and oxygen atoms in total. The molecule has 2 heterocycles. The first kappa shape index (κ1) is 15.4. The Balaban J connectivity index is 1.57. The molecule has 0 aliphatic rings. The van der Waals surface area contributed by atoms with Crippen molar-refractivity contribution in [3.05, 3.63) is 65.4 Å². The Kier molecular flexibility index (Phi) is 3.92. The highest BCUT2D eigenvalue weighted by molar-refractivity contribution is 7.13. The number of nitriles is 1. The van der Waals surface area contributed by atoms with E-state index in [-0.39, 0.29) is 0 Å². The Morgan fingerprint density at radius 3 is 2.76 bits per heavy atom. The molecule has 0 amide bonds. The van der Waals surface area contributed by atoms with Gasteiger partial charge in [0.1, 0.15) is 11.0 Å². The highest BCUT2D eigenvalue weighted by atomic mass is 32.1. The third-order valence-corrected chi connectivity index (χ3v) is 4.98. The first-order valence-electron chi connectivity index (χ1n) is 7.85. The van der Waals surface area contributed by atoms with E-state index in [1.807, 2.05) is 54.8 Å². The molecule has 1 atom stereocenters. The SMILES string of the molecule is Cc1csc(-c2ccc(C(C#N)Nc3ccc4nc[nH]c4c3)cc2)n1. The third kappa shape index (κ3) is 3.10. The predicted octanol–water partition coefficient (Wildman–Crippen LogP) is 4.67. The molecule has 1 unspecified atom stereocenters. The average Bonchev–Trinajstić information content (AvgIpc) is 3.28. The van der Waals surface area contributed by atoms with Gasteiger partial charge < -0.3 is 10.3 Å². The van der Waals surface area contributed by atoms with Gasteiger partial charge in [-0.25, -0.2) is 9.97 Å². The molecule has 122 valence electrons. The summed E-state index contributed by atoms with van der Waals surface area (Å²) >= 11 is 1.63. The van der Waals surface area contributed by atoms with E-state index in [1.54, 1.807) is 17.7 Å². The van der Waals surface area contributed by atoms with Crippen molar-refractivity contribution >= 4 is 28.1 Å². The van der Waals surface area contributed by atoms with E-state index in [0.717, 1.165) is 38.5 Å². The molecule has 0 saturated heterocycles. The third-order valence-electron chi connectivity index (χ3n) is 3.97. The maximum atomic E-state index is 9.56. The van der Waals surface area contributed by atoms with Gasteiger partial charge in [-0.05, 0) is 30.7 Å². The van der Waals surface area contributed by atoms with Crippen molar-refractivity contribution in [2.24, 2.45) is 0 Å². The highest BCUT2D eigenvalue weighted by Crippen LogP contribution is 2.27. The molecule has 0 aliphatic heterocycles. The van der Waals surface area contributed by atoms with Gasteiger partial charge in [0.15, 0.2) is 0 Å². The number of thiazole rings is 1. The number of aromatic amines is 1. The van der Waals surface area contributed by atoms with Crippen LogP contribution >= 0.6 is 11.3 Å². The van der Waals surface area contributed by atoms with Crippen LogP contribution in [0.1, 0.15) is 17.3 Å². The molecule has 0 radical (unpaired) electrons. The van der Waals surface area contributed by atoms with Gasteiger partial charge in [-0.15, -0.1) is 11.3 Å². The molecule has 25 heavy (non-hydrogen) atoms. The molecule has 0 fully saturated rings. The fourth-order valence-corrected chi connectivity index (χ4v) is 3.49. The second-order valence-corrected chi connectivity index (χ2v) is 6.62. The van der Waals surface area contributed by atoms with E-state index in [1.165, 1.54) is 0 Å². The summed E-state index contributed by atoms with van der Waals surface area (Å²) in [5, 5.41) is 15.9. The quantitative estimate of drug-likeness (QED) is 0.563. The summed E-state index contributed by atoms with van der Waals surface area (Å²) in [6, 6.07) is 15.7. The minimum Gasteiger partial charge on any atom is -0.366 e. The van der Waals surface area contributed by atoms with E-state index in [0.29, 0.717) is 0 Å². The number of fused-ring (bicyclic) bond motifs is 1. The number of aromatic nitrogens is 3. The molecular formula is C19H15N5S. The number of aryl methyl sites for hydroxylation is 1. The lowest BCUT2D eigenvalue weighted by Gasteiger charge is -2.13. The Bertz CT molecular complexity index is 1060. The average molecular weight is 345 g/mol. The maximum absolute atomic E-state index is 9.56. The first-order valence-corrected chi connectivity index (χ1v) is 8.72. The van der Waals surface area contributed by atoms with Crippen LogP contribution in [0.25, 0.3) is 21.6 Å². The van der Waals surface area contributed by atoms with Crippen LogP contribution in [0.15, 0.2) is 54.2 Å². The van der Waals surface area contributed by atoms with Crippen molar-refractivity contribution < 1.29 is 0 Å². The summed E-state index contributed by atoms with van der Waals surface area (Å²) in [5.41, 5.74) is 5.73. The first-order chi connectivity index (χ1) is 12.2. The molecule has 0 saturated carbocycles. The normalized spacial score (nSPS) is 12.0. The van der Waals surface area contributed by atoms with Gasteiger partial charge in [-0.3, -0.25) is 0 Å². The lowest BCUT2D eigenvalue weighted by molar-refractivity contribution is 0.998. The molecule has 0 aliphatic carbocycles. The second-order valence-electron chi connectivity index (χ2n) is 5.76. The number of H-pyrrole nitrogens is 1. The Hall–Kier alpha value is -3.17. The molecule has 2 aromatic heterocycles.